The van der Waals surface area contributed by atoms with E-state index in [9.17, 15) is 8.42 Å². The average Bonchev–Trinajstić information content (AvgIpc) is 3.04. The van der Waals surface area contributed by atoms with Crippen molar-refractivity contribution in [3.63, 3.8) is 0 Å². The minimum Gasteiger partial charge on any atom is -0.235 e. The van der Waals surface area contributed by atoms with E-state index >= 15 is 0 Å². The lowest BCUT2D eigenvalue weighted by molar-refractivity contribution is 0.598. The molecule has 2 heterocycles. The highest BCUT2D eigenvalue weighted by Gasteiger charge is 2.21. The highest BCUT2D eigenvalue weighted by atomic mass is 32.2. The molecular weight excluding hydrogens is 310 g/mol. The Hall–Kier alpha value is -1.24. The smallest absolute Gasteiger partial charge is 0.179 e. The van der Waals surface area contributed by atoms with Gasteiger partial charge in [-0.25, -0.2) is 13.4 Å². The highest BCUT2D eigenvalue weighted by molar-refractivity contribution is 7.91. The number of aryl methyl sites for hydroxylation is 1. The fourth-order valence-corrected chi connectivity index (χ4v) is 5.47. The molecule has 3 aromatic rings. The number of nitrogens with zero attached hydrogens (tertiary/aromatic N) is 1. The number of thiazole rings is 1. The number of rotatable bonds is 3. The third-order valence-corrected chi connectivity index (χ3v) is 7.09. The summed E-state index contributed by atoms with van der Waals surface area (Å²) in [5.41, 5.74) is 2.08. The molecular formula is C14H13NO2S3. The Morgan fingerprint density at radius 1 is 1.25 bits per heavy atom. The third-order valence-electron chi connectivity index (χ3n) is 3.08. The van der Waals surface area contributed by atoms with Crippen molar-refractivity contribution in [2.75, 3.05) is 5.75 Å². The SMILES string of the molecule is CCS(=O)(=O)c1ccsc1-c1nc2cc(C)ccc2s1. The molecule has 0 unspecified atom stereocenters. The van der Waals surface area contributed by atoms with Gasteiger partial charge in [0.05, 0.1) is 25.7 Å². The van der Waals surface area contributed by atoms with Crippen LogP contribution < -0.4 is 0 Å². The molecule has 0 aliphatic heterocycles. The van der Waals surface area contributed by atoms with Crippen molar-refractivity contribution in [3.8, 4) is 9.88 Å². The van der Waals surface area contributed by atoms with Gasteiger partial charge in [0.2, 0.25) is 0 Å². The first-order valence-corrected chi connectivity index (χ1v) is 9.54. The molecule has 104 valence electrons. The molecule has 6 heteroatoms. The molecule has 3 rings (SSSR count). The average molecular weight is 323 g/mol. The van der Waals surface area contributed by atoms with E-state index in [1.165, 1.54) is 22.7 Å². The molecule has 0 fully saturated rings. The van der Waals surface area contributed by atoms with Gasteiger partial charge in [-0.1, -0.05) is 13.0 Å². The van der Waals surface area contributed by atoms with Gasteiger partial charge in [-0.05, 0) is 36.1 Å². The number of hydrogen-bond acceptors (Lipinski definition) is 5. The maximum atomic E-state index is 12.1. The molecule has 0 N–H and O–H groups in total. The summed E-state index contributed by atoms with van der Waals surface area (Å²) in [6.07, 6.45) is 0. The predicted molar refractivity (Wildman–Crippen MR) is 85.4 cm³/mol. The van der Waals surface area contributed by atoms with Crippen molar-refractivity contribution >= 4 is 42.7 Å². The summed E-state index contributed by atoms with van der Waals surface area (Å²) in [6, 6.07) is 7.78. The lowest BCUT2D eigenvalue weighted by Crippen LogP contribution is -2.03. The molecule has 2 aromatic heterocycles. The van der Waals surface area contributed by atoms with Crippen LogP contribution in [0.4, 0.5) is 0 Å². The predicted octanol–water partition coefficient (Wildman–Crippen LogP) is 4.13. The van der Waals surface area contributed by atoms with Crippen molar-refractivity contribution in [2.24, 2.45) is 0 Å². The zero-order chi connectivity index (χ0) is 14.3. The fourth-order valence-electron chi connectivity index (χ4n) is 1.99. The Balaban J connectivity index is 2.19. The van der Waals surface area contributed by atoms with Crippen LogP contribution in [0.3, 0.4) is 0 Å². The van der Waals surface area contributed by atoms with Gasteiger partial charge in [0.25, 0.3) is 0 Å². The Morgan fingerprint density at radius 2 is 2.05 bits per heavy atom. The summed E-state index contributed by atoms with van der Waals surface area (Å²) in [5, 5.41) is 2.60. The van der Waals surface area contributed by atoms with Crippen molar-refractivity contribution in [1.29, 1.82) is 0 Å². The standard InChI is InChI=1S/C14H13NO2S3/c1-3-20(16,17)12-6-7-18-13(12)14-15-10-8-9(2)4-5-11(10)19-14/h4-8H,3H2,1-2H3. The largest absolute Gasteiger partial charge is 0.235 e. The zero-order valence-electron chi connectivity index (χ0n) is 11.1. The molecule has 20 heavy (non-hydrogen) atoms. The normalized spacial score (nSPS) is 12.1. The van der Waals surface area contributed by atoms with Crippen molar-refractivity contribution in [2.45, 2.75) is 18.7 Å². The second-order valence-electron chi connectivity index (χ2n) is 4.51. The van der Waals surface area contributed by atoms with Crippen LogP contribution in [0.5, 0.6) is 0 Å². The Morgan fingerprint density at radius 3 is 2.80 bits per heavy atom. The number of fused-ring (bicyclic) bond motifs is 1. The van der Waals surface area contributed by atoms with Gasteiger partial charge in [0, 0.05) is 0 Å². The molecule has 1 aromatic carbocycles. The topological polar surface area (TPSA) is 47.0 Å². The van der Waals surface area contributed by atoms with E-state index in [4.69, 9.17) is 0 Å². The lowest BCUT2D eigenvalue weighted by atomic mass is 10.2. The van der Waals surface area contributed by atoms with Gasteiger partial charge in [-0.15, -0.1) is 22.7 Å². The van der Waals surface area contributed by atoms with Crippen molar-refractivity contribution < 1.29 is 8.42 Å². The van der Waals surface area contributed by atoms with Gasteiger partial charge >= 0.3 is 0 Å². The number of benzene rings is 1. The summed E-state index contributed by atoms with van der Waals surface area (Å²) in [6.45, 7) is 3.69. The number of hydrogen-bond donors (Lipinski definition) is 0. The van der Waals surface area contributed by atoms with Gasteiger partial charge in [-0.3, -0.25) is 0 Å². The first kappa shape index (κ1) is 13.7. The maximum absolute atomic E-state index is 12.1. The van der Waals surface area contributed by atoms with Gasteiger partial charge in [-0.2, -0.15) is 0 Å². The minimum absolute atomic E-state index is 0.112. The summed E-state index contributed by atoms with van der Waals surface area (Å²) in [5.74, 6) is 0.112. The molecule has 0 bridgehead atoms. The molecule has 0 atom stereocenters. The molecule has 0 amide bonds. The minimum atomic E-state index is -3.20. The quantitative estimate of drug-likeness (QED) is 0.728. The molecule has 0 spiro atoms. The third kappa shape index (κ3) is 2.28. The van der Waals surface area contributed by atoms with E-state index in [0.29, 0.717) is 4.90 Å². The monoisotopic (exact) mass is 323 g/mol. The first-order chi connectivity index (χ1) is 9.51. The summed E-state index contributed by atoms with van der Waals surface area (Å²) < 4.78 is 25.3. The Bertz CT molecular complexity index is 875. The van der Waals surface area contributed by atoms with Crippen molar-refractivity contribution in [1.82, 2.24) is 4.98 Å². The van der Waals surface area contributed by atoms with Crippen LogP contribution in [0, 0.1) is 6.92 Å². The first-order valence-electron chi connectivity index (χ1n) is 6.19. The van der Waals surface area contributed by atoms with Crippen LogP contribution in [0.2, 0.25) is 0 Å². The molecule has 0 saturated carbocycles. The number of sulfone groups is 1. The second kappa shape index (κ2) is 4.95. The number of thiophene rings is 1. The lowest BCUT2D eigenvalue weighted by Gasteiger charge is -2.00. The second-order valence-corrected chi connectivity index (χ2v) is 8.70. The van der Waals surface area contributed by atoms with E-state index in [1.807, 2.05) is 30.5 Å². The molecule has 0 radical (unpaired) electrons. The van der Waals surface area contributed by atoms with Gasteiger partial charge in [0.1, 0.15) is 5.01 Å². The van der Waals surface area contributed by atoms with E-state index in [2.05, 4.69) is 4.98 Å². The van der Waals surface area contributed by atoms with Gasteiger partial charge < -0.3 is 0 Å². The van der Waals surface area contributed by atoms with E-state index in [1.54, 1.807) is 13.0 Å². The van der Waals surface area contributed by atoms with E-state index in [-0.39, 0.29) is 5.75 Å². The van der Waals surface area contributed by atoms with Crippen LogP contribution in [0.25, 0.3) is 20.1 Å². The molecule has 0 aliphatic carbocycles. The molecule has 3 nitrogen and oxygen atoms in total. The molecule has 0 aliphatic rings. The van der Waals surface area contributed by atoms with Gasteiger partial charge in [0.15, 0.2) is 9.84 Å². The maximum Gasteiger partial charge on any atom is 0.179 e. The fraction of sp³-hybridized carbons (Fsp3) is 0.214. The summed E-state index contributed by atoms with van der Waals surface area (Å²) in [7, 11) is -3.20. The molecule has 0 saturated heterocycles. The summed E-state index contributed by atoms with van der Waals surface area (Å²) in [4.78, 5) is 5.75. The zero-order valence-corrected chi connectivity index (χ0v) is 13.5. The van der Waals surface area contributed by atoms with E-state index in [0.717, 1.165) is 25.7 Å². The number of aromatic nitrogens is 1. The van der Waals surface area contributed by atoms with Crippen LogP contribution >= 0.6 is 22.7 Å². The Kier molecular flexibility index (Phi) is 3.40. The Labute approximate surface area is 125 Å². The highest BCUT2D eigenvalue weighted by Crippen LogP contribution is 2.38. The van der Waals surface area contributed by atoms with Crippen LogP contribution in [-0.2, 0) is 9.84 Å². The van der Waals surface area contributed by atoms with Crippen LogP contribution in [-0.4, -0.2) is 19.2 Å². The van der Waals surface area contributed by atoms with Crippen LogP contribution in [0.1, 0.15) is 12.5 Å². The van der Waals surface area contributed by atoms with E-state index < -0.39 is 9.84 Å². The van der Waals surface area contributed by atoms with Crippen LogP contribution in [0.15, 0.2) is 34.5 Å². The summed E-state index contributed by atoms with van der Waals surface area (Å²) >= 11 is 2.97. The van der Waals surface area contributed by atoms with Crippen molar-refractivity contribution in [3.05, 3.63) is 35.2 Å².